The Labute approximate surface area is 210 Å². The number of hydrogen-bond donors (Lipinski definition) is 7. The zero-order valence-corrected chi connectivity index (χ0v) is 20.8. The lowest BCUT2D eigenvalue weighted by Gasteiger charge is -2.25. The number of nitrogens with one attached hydrogen (secondary N) is 3. The van der Waals surface area contributed by atoms with Crippen LogP contribution in [0.5, 0.6) is 0 Å². The highest BCUT2D eigenvalue weighted by molar-refractivity contribution is 7.80. The topological polar surface area (TPSA) is 194 Å². The molecule has 1 aromatic rings. The molecule has 4 amide bonds. The van der Waals surface area contributed by atoms with E-state index in [1.165, 1.54) is 0 Å². The van der Waals surface area contributed by atoms with Crippen LogP contribution in [0.3, 0.4) is 0 Å². The Morgan fingerprint density at radius 2 is 1.46 bits per heavy atom. The van der Waals surface area contributed by atoms with Crippen LogP contribution in [-0.2, 0) is 30.4 Å². The summed E-state index contributed by atoms with van der Waals surface area (Å²) >= 11 is 3.90. The summed E-state index contributed by atoms with van der Waals surface area (Å²) in [7, 11) is 0. The minimum atomic E-state index is -1.30. The second-order valence-electron chi connectivity index (χ2n) is 8.64. The lowest BCUT2D eigenvalue weighted by Crippen LogP contribution is -2.57. The van der Waals surface area contributed by atoms with Crippen LogP contribution in [0, 0.1) is 5.92 Å². The van der Waals surface area contributed by atoms with Gasteiger partial charge in [0.25, 0.3) is 0 Å². The fourth-order valence-electron chi connectivity index (χ4n) is 3.23. The van der Waals surface area contributed by atoms with Crippen LogP contribution in [0.25, 0.3) is 0 Å². The number of carbonyl (C=O) groups excluding carboxylic acids is 4. The summed E-state index contributed by atoms with van der Waals surface area (Å²) in [6.07, 6.45) is 0.155. The van der Waals surface area contributed by atoms with Crippen LogP contribution in [-0.4, -0.2) is 64.6 Å². The van der Waals surface area contributed by atoms with E-state index in [9.17, 15) is 24.0 Å². The molecule has 0 aliphatic rings. The van der Waals surface area contributed by atoms with Crippen molar-refractivity contribution in [3.63, 3.8) is 0 Å². The van der Waals surface area contributed by atoms with Crippen molar-refractivity contribution in [3.8, 4) is 0 Å². The Bertz CT molecular complexity index is 882. The molecule has 4 unspecified atom stereocenters. The molecule has 12 heteroatoms. The predicted octanol–water partition coefficient (Wildman–Crippen LogP) is -0.663. The summed E-state index contributed by atoms with van der Waals surface area (Å²) in [4.78, 5) is 60.9. The fraction of sp³-hybridized carbons (Fsp3) is 0.522. The van der Waals surface area contributed by atoms with E-state index in [0.717, 1.165) is 5.56 Å². The molecule has 0 saturated carbocycles. The Hall–Kier alpha value is -3.12. The molecule has 0 heterocycles. The van der Waals surface area contributed by atoms with E-state index in [4.69, 9.17) is 16.6 Å². The number of carboxylic acid groups (broad SMARTS) is 1. The second-order valence-corrected chi connectivity index (χ2v) is 9.00. The minimum absolute atomic E-state index is 0.00914. The average molecular weight is 510 g/mol. The molecule has 0 saturated heterocycles. The van der Waals surface area contributed by atoms with Crippen molar-refractivity contribution in [2.45, 2.75) is 63.7 Å². The van der Waals surface area contributed by atoms with Gasteiger partial charge in [-0.1, -0.05) is 44.2 Å². The van der Waals surface area contributed by atoms with Crippen LogP contribution >= 0.6 is 12.6 Å². The Balaban J connectivity index is 2.95. The van der Waals surface area contributed by atoms with Crippen molar-refractivity contribution in [1.29, 1.82) is 0 Å². The quantitative estimate of drug-likeness (QED) is 0.152. The summed E-state index contributed by atoms with van der Waals surface area (Å²) in [6.45, 7) is 3.72. The van der Waals surface area contributed by atoms with Crippen molar-refractivity contribution >= 4 is 42.2 Å². The third-order valence-corrected chi connectivity index (χ3v) is 5.45. The lowest BCUT2D eigenvalue weighted by molar-refractivity contribution is -0.141. The van der Waals surface area contributed by atoms with Gasteiger partial charge in [0.2, 0.25) is 23.6 Å². The first-order valence-electron chi connectivity index (χ1n) is 11.3. The van der Waals surface area contributed by atoms with E-state index in [0.29, 0.717) is 0 Å². The molecule has 1 rings (SSSR count). The SMILES string of the molecule is CC(C)CC(NC(=O)C(N)Cc1ccccc1)C(=O)NC(CCC(N)=O)C(=O)NC(CS)C(=O)O. The summed E-state index contributed by atoms with van der Waals surface area (Å²) in [6, 6.07) is 4.73. The van der Waals surface area contributed by atoms with Gasteiger partial charge in [0, 0.05) is 12.2 Å². The summed E-state index contributed by atoms with van der Waals surface area (Å²) < 4.78 is 0. The Morgan fingerprint density at radius 1 is 0.914 bits per heavy atom. The molecule has 194 valence electrons. The van der Waals surface area contributed by atoms with E-state index in [1.807, 2.05) is 44.2 Å². The number of benzene rings is 1. The summed E-state index contributed by atoms with van der Waals surface area (Å²) in [5, 5.41) is 16.6. The number of amides is 4. The maximum absolute atomic E-state index is 13.0. The fourth-order valence-corrected chi connectivity index (χ4v) is 3.48. The van der Waals surface area contributed by atoms with Gasteiger partial charge in [0.15, 0.2) is 0 Å². The molecule has 0 aromatic heterocycles. The number of rotatable bonds is 15. The molecule has 8 N–H and O–H groups in total. The molecule has 0 aliphatic heterocycles. The monoisotopic (exact) mass is 509 g/mol. The van der Waals surface area contributed by atoms with Crippen LogP contribution in [0.1, 0.15) is 38.7 Å². The van der Waals surface area contributed by atoms with Gasteiger partial charge in [0.1, 0.15) is 18.1 Å². The predicted molar refractivity (Wildman–Crippen MR) is 133 cm³/mol. The molecule has 0 spiro atoms. The van der Waals surface area contributed by atoms with Crippen LogP contribution in [0.2, 0.25) is 0 Å². The molecule has 1 aromatic carbocycles. The van der Waals surface area contributed by atoms with Crippen molar-refractivity contribution < 1.29 is 29.1 Å². The number of carbonyl (C=O) groups is 5. The van der Waals surface area contributed by atoms with Gasteiger partial charge < -0.3 is 32.5 Å². The van der Waals surface area contributed by atoms with Crippen molar-refractivity contribution in [1.82, 2.24) is 16.0 Å². The van der Waals surface area contributed by atoms with Gasteiger partial charge in [0.05, 0.1) is 6.04 Å². The van der Waals surface area contributed by atoms with Gasteiger partial charge >= 0.3 is 5.97 Å². The third-order valence-electron chi connectivity index (χ3n) is 5.08. The zero-order chi connectivity index (χ0) is 26.5. The molecule has 0 aliphatic carbocycles. The first-order valence-corrected chi connectivity index (χ1v) is 11.9. The first kappa shape index (κ1) is 29.9. The zero-order valence-electron chi connectivity index (χ0n) is 19.9. The second kappa shape index (κ2) is 15.0. The highest BCUT2D eigenvalue weighted by Crippen LogP contribution is 2.09. The molecule has 0 fully saturated rings. The largest absolute Gasteiger partial charge is 0.480 e. The van der Waals surface area contributed by atoms with E-state index < -0.39 is 53.8 Å². The molecular weight excluding hydrogens is 474 g/mol. The van der Waals surface area contributed by atoms with Gasteiger partial charge in [-0.2, -0.15) is 12.6 Å². The first-order chi connectivity index (χ1) is 16.4. The summed E-state index contributed by atoms with van der Waals surface area (Å²) in [5.74, 6) is -4.17. The number of hydrogen-bond acceptors (Lipinski definition) is 7. The van der Waals surface area contributed by atoms with E-state index in [1.54, 1.807) is 0 Å². The highest BCUT2D eigenvalue weighted by Gasteiger charge is 2.30. The number of thiol groups is 1. The maximum atomic E-state index is 13.0. The smallest absolute Gasteiger partial charge is 0.327 e. The number of nitrogens with two attached hydrogens (primary N) is 2. The number of aliphatic carboxylic acids is 1. The number of carboxylic acids is 1. The Morgan fingerprint density at radius 3 is 1.97 bits per heavy atom. The summed E-state index contributed by atoms with van der Waals surface area (Å²) in [5.41, 5.74) is 12.1. The van der Waals surface area contributed by atoms with Gasteiger partial charge in [-0.3, -0.25) is 19.2 Å². The van der Waals surface area contributed by atoms with Crippen molar-refractivity contribution in [2.75, 3.05) is 5.75 Å². The van der Waals surface area contributed by atoms with E-state index in [-0.39, 0.29) is 37.4 Å². The maximum Gasteiger partial charge on any atom is 0.327 e. The van der Waals surface area contributed by atoms with Crippen LogP contribution in [0.4, 0.5) is 0 Å². The molecule has 0 bridgehead atoms. The molecular formula is C23H35N5O6S. The van der Waals surface area contributed by atoms with Crippen LogP contribution in [0.15, 0.2) is 30.3 Å². The van der Waals surface area contributed by atoms with Gasteiger partial charge in [-0.15, -0.1) is 0 Å². The normalized spacial score (nSPS) is 14.3. The molecule has 4 atom stereocenters. The van der Waals surface area contributed by atoms with E-state index in [2.05, 4.69) is 28.6 Å². The lowest BCUT2D eigenvalue weighted by atomic mass is 10.0. The molecule has 0 radical (unpaired) electrons. The van der Waals surface area contributed by atoms with Gasteiger partial charge in [-0.05, 0) is 30.7 Å². The van der Waals surface area contributed by atoms with Gasteiger partial charge in [-0.25, -0.2) is 4.79 Å². The average Bonchev–Trinajstić information content (AvgIpc) is 2.79. The third kappa shape index (κ3) is 11.2. The molecule has 11 nitrogen and oxygen atoms in total. The van der Waals surface area contributed by atoms with Crippen molar-refractivity contribution in [2.24, 2.45) is 17.4 Å². The minimum Gasteiger partial charge on any atom is -0.480 e. The highest BCUT2D eigenvalue weighted by atomic mass is 32.1. The van der Waals surface area contributed by atoms with Crippen LogP contribution < -0.4 is 27.4 Å². The molecule has 35 heavy (non-hydrogen) atoms. The Kier molecular flexibility index (Phi) is 12.8. The standard InChI is InChI=1S/C23H35N5O6S/c1-13(2)10-17(27-20(30)15(24)11-14-6-4-3-5-7-14)22(32)26-16(8-9-19(25)29)21(31)28-18(12-35)23(33)34/h3-7,13,15-18,35H,8-12,24H2,1-2H3,(H2,25,29)(H,26,32)(H,27,30)(H,28,31)(H,33,34). The van der Waals surface area contributed by atoms with E-state index >= 15 is 0 Å². The van der Waals surface area contributed by atoms with Crippen molar-refractivity contribution in [3.05, 3.63) is 35.9 Å². The number of primary amides is 1.